The highest BCUT2D eigenvalue weighted by molar-refractivity contribution is 6.51. The lowest BCUT2D eigenvalue weighted by Gasteiger charge is -2.29. The minimum absolute atomic E-state index is 0.106. The van der Waals surface area contributed by atoms with E-state index in [0.29, 0.717) is 37.7 Å². The van der Waals surface area contributed by atoms with E-state index >= 15 is 0 Å². The number of carbonyl (C=O) groups excluding carboxylic acids is 2. The van der Waals surface area contributed by atoms with Gasteiger partial charge in [-0.25, -0.2) is 4.39 Å². The van der Waals surface area contributed by atoms with Gasteiger partial charge >= 0.3 is 0 Å². The molecule has 94 valence electrons. The number of nitrogens with zero attached hydrogens (tertiary/aromatic N) is 1. The number of halogens is 1. The fourth-order valence-corrected chi connectivity index (χ4v) is 2.20. The molecule has 0 aliphatic carbocycles. The van der Waals surface area contributed by atoms with E-state index < -0.39 is 17.5 Å². The summed E-state index contributed by atoms with van der Waals surface area (Å²) in [6, 6.07) is 2.64. The molecular formula is C12H11FN2O3. The zero-order valence-corrected chi connectivity index (χ0v) is 9.53. The Balaban J connectivity index is 2.00. The molecule has 2 aliphatic rings. The molecule has 0 spiro atoms. The van der Waals surface area contributed by atoms with Crippen molar-refractivity contribution in [3.8, 4) is 0 Å². The molecule has 1 fully saturated rings. The lowest BCUT2D eigenvalue weighted by Crippen LogP contribution is -2.36. The number of fused-ring (bicyclic) bond motifs is 1. The molecule has 2 heterocycles. The number of rotatable bonds is 1. The first-order chi connectivity index (χ1) is 8.66. The van der Waals surface area contributed by atoms with Crippen LogP contribution in [0.2, 0.25) is 0 Å². The number of benzene rings is 1. The summed E-state index contributed by atoms with van der Waals surface area (Å²) in [7, 11) is 0. The van der Waals surface area contributed by atoms with Crippen LogP contribution < -0.4 is 10.2 Å². The van der Waals surface area contributed by atoms with E-state index in [-0.39, 0.29) is 5.56 Å². The quantitative estimate of drug-likeness (QED) is 0.749. The molecule has 0 radical (unpaired) electrons. The van der Waals surface area contributed by atoms with E-state index in [2.05, 4.69) is 5.32 Å². The maximum Gasteiger partial charge on any atom is 0.296 e. The Hall–Kier alpha value is -1.95. The van der Waals surface area contributed by atoms with Crippen molar-refractivity contribution in [2.75, 3.05) is 36.5 Å². The third kappa shape index (κ3) is 1.65. The number of Topliss-reactive ketones (excluding diaryl/α,β-unsaturated/α-hetero) is 1. The topological polar surface area (TPSA) is 58.6 Å². The van der Waals surface area contributed by atoms with Crippen LogP contribution in [0.1, 0.15) is 10.4 Å². The summed E-state index contributed by atoms with van der Waals surface area (Å²) in [5, 5.41) is 2.44. The summed E-state index contributed by atoms with van der Waals surface area (Å²) >= 11 is 0. The summed E-state index contributed by atoms with van der Waals surface area (Å²) in [4.78, 5) is 24.5. The van der Waals surface area contributed by atoms with Gasteiger partial charge in [-0.1, -0.05) is 0 Å². The van der Waals surface area contributed by atoms with E-state index in [1.807, 2.05) is 4.90 Å². The maximum absolute atomic E-state index is 14.0. The summed E-state index contributed by atoms with van der Waals surface area (Å²) in [6.07, 6.45) is 0. The minimum atomic E-state index is -0.705. The smallest absolute Gasteiger partial charge is 0.296 e. The average molecular weight is 250 g/mol. The molecule has 0 saturated carbocycles. The van der Waals surface area contributed by atoms with Gasteiger partial charge in [-0.15, -0.1) is 0 Å². The Kier molecular flexibility index (Phi) is 2.52. The van der Waals surface area contributed by atoms with Gasteiger partial charge in [-0.2, -0.15) is 0 Å². The molecule has 18 heavy (non-hydrogen) atoms. The van der Waals surface area contributed by atoms with E-state index in [9.17, 15) is 14.0 Å². The van der Waals surface area contributed by atoms with E-state index in [1.54, 1.807) is 0 Å². The zero-order valence-electron chi connectivity index (χ0n) is 9.53. The lowest BCUT2D eigenvalue weighted by molar-refractivity contribution is -0.112. The summed E-state index contributed by atoms with van der Waals surface area (Å²) in [5.74, 6) is -1.87. The molecule has 1 N–H and O–H groups in total. The Labute approximate surface area is 103 Å². The van der Waals surface area contributed by atoms with Crippen LogP contribution in [-0.4, -0.2) is 38.0 Å². The molecule has 1 amide bonds. The second-order valence-electron chi connectivity index (χ2n) is 4.23. The first kappa shape index (κ1) is 11.2. The third-order valence-corrected chi connectivity index (χ3v) is 3.14. The number of ether oxygens (including phenoxy) is 1. The van der Waals surface area contributed by atoms with E-state index in [1.165, 1.54) is 6.07 Å². The van der Waals surface area contributed by atoms with Crippen molar-refractivity contribution in [3.05, 3.63) is 23.5 Å². The molecule has 1 aromatic rings. The highest BCUT2D eigenvalue weighted by atomic mass is 19.1. The minimum Gasteiger partial charge on any atom is -0.378 e. The van der Waals surface area contributed by atoms with Gasteiger partial charge in [0.2, 0.25) is 0 Å². The van der Waals surface area contributed by atoms with Crippen LogP contribution in [0.3, 0.4) is 0 Å². The first-order valence-corrected chi connectivity index (χ1v) is 5.69. The summed E-state index contributed by atoms with van der Waals surface area (Å²) in [6.45, 7) is 2.28. The lowest BCUT2D eigenvalue weighted by atomic mass is 10.1. The summed E-state index contributed by atoms with van der Waals surface area (Å²) in [5.41, 5.74) is 0.884. The largest absolute Gasteiger partial charge is 0.378 e. The number of ketones is 1. The molecule has 0 bridgehead atoms. The number of morpholine rings is 1. The van der Waals surface area contributed by atoms with Crippen LogP contribution in [0.25, 0.3) is 0 Å². The Morgan fingerprint density at radius 3 is 2.67 bits per heavy atom. The van der Waals surface area contributed by atoms with Gasteiger partial charge in [0.05, 0.1) is 30.2 Å². The van der Waals surface area contributed by atoms with Gasteiger partial charge in [0.15, 0.2) is 0 Å². The first-order valence-electron chi connectivity index (χ1n) is 5.69. The highest BCUT2D eigenvalue weighted by Gasteiger charge is 2.30. The second-order valence-corrected chi connectivity index (χ2v) is 4.23. The maximum atomic E-state index is 14.0. The SMILES string of the molecule is O=C1Nc2cc(N3CCOCC3)c(F)cc2C1=O. The van der Waals surface area contributed by atoms with Crippen LogP contribution in [0.4, 0.5) is 15.8 Å². The van der Waals surface area contributed by atoms with Gasteiger partial charge in [0.25, 0.3) is 11.7 Å². The molecule has 6 heteroatoms. The van der Waals surface area contributed by atoms with Crippen molar-refractivity contribution in [1.82, 2.24) is 0 Å². The third-order valence-electron chi connectivity index (χ3n) is 3.14. The zero-order chi connectivity index (χ0) is 12.7. The Morgan fingerprint density at radius 2 is 1.94 bits per heavy atom. The number of nitrogens with one attached hydrogen (secondary N) is 1. The van der Waals surface area contributed by atoms with Crippen molar-refractivity contribution in [2.45, 2.75) is 0 Å². The second kappa shape index (κ2) is 4.06. The van der Waals surface area contributed by atoms with Gasteiger partial charge in [-0.05, 0) is 12.1 Å². The van der Waals surface area contributed by atoms with E-state index in [0.717, 1.165) is 6.07 Å². The van der Waals surface area contributed by atoms with Crippen molar-refractivity contribution >= 4 is 23.1 Å². The van der Waals surface area contributed by atoms with Crippen molar-refractivity contribution in [3.63, 3.8) is 0 Å². The standard InChI is InChI=1S/C12H11FN2O3/c13-8-5-7-9(14-12(17)11(7)16)6-10(8)15-1-3-18-4-2-15/h5-6H,1-4H2,(H,14,16,17). The number of anilines is 2. The van der Waals surface area contributed by atoms with Crippen molar-refractivity contribution in [1.29, 1.82) is 0 Å². The number of carbonyl (C=O) groups is 2. The van der Waals surface area contributed by atoms with Crippen LogP contribution in [0.5, 0.6) is 0 Å². The van der Waals surface area contributed by atoms with Crippen molar-refractivity contribution in [2.24, 2.45) is 0 Å². The molecule has 0 unspecified atom stereocenters. The predicted octanol–water partition coefficient (Wildman–Crippen LogP) is 0.797. The van der Waals surface area contributed by atoms with Gasteiger partial charge in [0, 0.05) is 13.1 Å². The Bertz CT molecular complexity index is 538. The van der Waals surface area contributed by atoms with Gasteiger partial charge in [0.1, 0.15) is 5.82 Å². The van der Waals surface area contributed by atoms with Crippen LogP contribution in [0, 0.1) is 5.82 Å². The highest BCUT2D eigenvalue weighted by Crippen LogP contribution is 2.31. The number of hydrogen-bond donors (Lipinski definition) is 1. The Morgan fingerprint density at radius 1 is 1.22 bits per heavy atom. The van der Waals surface area contributed by atoms with Gasteiger partial charge in [-0.3, -0.25) is 9.59 Å². The average Bonchev–Trinajstić information content (AvgIpc) is 2.66. The molecule has 1 saturated heterocycles. The number of hydrogen-bond acceptors (Lipinski definition) is 4. The van der Waals surface area contributed by atoms with Crippen LogP contribution >= 0.6 is 0 Å². The molecular weight excluding hydrogens is 239 g/mol. The molecule has 5 nitrogen and oxygen atoms in total. The molecule has 0 atom stereocenters. The number of amides is 1. The van der Waals surface area contributed by atoms with Crippen LogP contribution in [-0.2, 0) is 9.53 Å². The fourth-order valence-electron chi connectivity index (χ4n) is 2.20. The molecule has 2 aliphatic heterocycles. The van der Waals surface area contributed by atoms with E-state index in [4.69, 9.17) is 4.74 Å². The summed E-state index contributed by atoms with van der Waals surface area (Å²) < 4.78 is 19.2. The molecule has 1 aromatic carbocycles. The monoisotopic (exact) mass is 250 g/mol. The normalized spacial score (nSPS) is 18.8. The predicted molar refractivity (Wildman–Crippen MR) is 62.4 cm³/mol. The molecule has 0 aromatic heterocycles. The fraction of sp³-hybridized carbons (Fsp3) is 0.333. The van der Waals surface area contributed by atoms with Gasteiger partial charge < -0.3 is 15.0 Å². The van der Waals surface area contributed by atoms with Crippen LogP contribution in [0.15, 0.2) is 12.1 Å². The van der Waals surface area contributed by atoms with Crippen molar-refractivity contribution < 1.29 is 18.7 Å². The molecule has 3 rings (SSSR count).